The lowest BCUT2D eigenvalue weighted by atomic mass is 10.2. The minimum atomic E-state index is -1.10. The number of nitrogens with one attached hydrogen (secondary N) is 2. The molecule has 0 heterocycles. The van der Waals surface area contributed by atoms with Crippen LogP contribution in [-0.2, 0) is 10.8 Å². The Morgan fingerprint density at radius 2 is 2.10 bits per heavy atom. The molecule has 2 atom stereocenters. The molecule has 1 aromatic rings. The second-order valence-electron chi connectivity index (χ2n) is 4.36. The summed E-state index contributed by atoms with van der Waals surface area (Å²) in [6, 6.07) is 3.63. The lowest BCUT2D eigenvalue weighted by Gasteiger charge is -2.13. The lowest BCUT2D eigenvalue weighted by molar-refractivity contribution is 0.0697. The second-order valence-corrected chi connectivity index (χ2v) is 6.17. The molecule has 116 valence electrons. The number of amides is 2. The van der Waals surface area contributed by atoms with E-state index < -0.39 is 22.8 Å². The van der Waals surface area contributed by atoms with Crippen LogP contribution in [0.25, 0.3) is 0 Å². The van der Waals surface area contributed by atoms with Gasteiger partial charge in [-0.2, -0.15) is 0 Å². The van der Waals surface area contributed by atoms with Crippen molar-refractivity contribution in [1.82, 2.24) is 5.32 Å². The summed E-state index contributed by atoms with van der Waals surface area (Å²) in [5.74, 6) is -0.752. The topological polar surface area (TPSA) is 105 Å². The van der Waals surface area contributed by atoms with Crippen LogP contribution in [0.15, 0.2) is 18.2 Å². The van der Waals surface area contributed by atoms with Gasteiger partial charge >= 0.3 is 12.0 Å². The number of methoxy groups -OCH3 is 1. The number of carbonyl (C=O) groups is 2. The predicted octanol–water partition coefficient (Wildman–Crippen LogP) is 1.28. The highest BCUT2D eigenvalue weighted by Crippen LogP contribution is 2.25. The molecule has 0 saturated heterocycles. The molecular formula is C13H18N2O5S. The average Bonchev–Trinajstić information content (AvgIpc) is 2.44. The summed E-state index contributed by atoms with van der Waals surface area (Å²) in [5, 5.41) is 13.8. The van der Waals surface area contributed by atoms with Gasteiger partial charge in [-0.25, -0.2) is 9.59 Å². The fourth-order valence-corrected chi connectivity index (χ4v) is 1.78. The molecule has 3 N–H and O–H groups in total. The third kappa shape index (κ3) is 5.07. The van der Waals surface area contributed by atoms with Crippen molar-refractivity contribution in [2.45, 2.75) is 12.2 Å². The van der Waals surface area contributed by atoms with Crippen LogP contribution in [0, 0.1) is 0 Å². The van der Waals surface area contributed by atoms with Crippen LogP contribution in [0.1, 0.15) is 17.3 Å². The molecule has 21 heavy (non-hydrogen) atoms. The van der Waals surface area contributed by atoms with Gasteiger partial charge in [0.1, 0.15) is 5.75 Å². The first-order valence-electron chi connectivity index (χ1n) is 6.13. The van der Waals surface area contributed by atoms with Gasteiger partial charge in [-0.3, -0.25) is 4.21 Å². The number of benzene rings is 1. The molecule has 0 fully saturated rings. The van der Waals surface area contributed by atoms with E-state index in [-0.39, 0.29) is 23.0 Å². The van der Waals surface area contributed by atoms with E-state index in [1.54, 1.807) is 13.2 Å². The molecule has 2 unspecified atom stereocenters. The zero-order chi connectivity index (χ0) is 16.0. The van der Waals surface area contributed by atoms with Gasteiger partial charge in [-0.05, 0) is 25.1 Å². The SMILES string of the molecule is COc1ccc(C(=O)O)cc1NC(=O)NCC(C)S(C)=O. The molecule has 0 aliphatic carbocycles. The van der Waals surface area contributed by atoms with Gasteiger partial charge in [0.05, 0.1) is 18.4 Å². The smallest absolute Gasteiger partial charge is 0.335 e. The first-order chi connectivity index (χ1) is 9.85. The van der Waals surface area contributed by atoms with E-state index in [2.05, 4.69) is 10.6 Å². The quantitative estimate of drug-likeness (QED) is 0.733. The number of hydrogen-bond donors (Lipinski definition) is 3. The second kappa shape index (κ2) is 7.63. The zero-order valence-corrected chi connectivity index (χ0v) is 12.8. The lowest BCUT2D eigenvalue weighted by Crippen LogP contribution is -2.35. The molecule has 1 rings (SSSR count). The summed E-state index contributed by atoms with van der Waals surface area (Å²) in [7, 11) is 0.384. The molecule has 0 saturated carbocycles. The molecule has 0 spiro atoms. The first-order valence-corrected chi connectivity index (χ1v) is 7.75. The van der Waals surface area contributed by atoms with E-state index in [1.807, 2.05) is 0 Å². The van der Waals surface area contributed by atoms with E-state index in [1.165, 1.54) is 25.3 Å². The van der Waals surface area contributed by atoms with Crippen LogP contribution in [0.5, 0.6) is 5.75 Å². The van der Waals surface area contributed by atoms with Crippen LogP contribution in [0.2, 0.25) is 0 Å². The van der Waals surface area contributed by atoms with Crippen LogP contribution in [0.3, 0.4) is 0 Å². The van der Waals surface area contributed by atoms with Gasteiger partial charge < -0.3 is 20.5 Å². The Labute approximate surface area is 125 Å². The normalized spacial score (nSPS) is 13.1. The Hall–Kier alpha value is -2.09. The van der Waals surface area contributed by atoms with E-state index in [9.17, 15) is 13.8 Å². The molecule has 0 radical (unpaired) electrons. The number of hydrogen-bond acceptors (Lipinski definition) is 4. The van der Waals surface area contributed by atoms with Crippen molar-refractivity contribution in [2.75, 3.05) is 25.2 Å². The Morgan fingerprint density at radius 1 is 1.43 bits per heavy atom. The standard InChI is InChI=1S/C13H18N2O5S/c1-8(21(3)19)7-14-13(18)15-10-6-9(12(16)17)4-5-11(10)20-2/h4-6,8H,7H2,1-3H3,(H,16,17)(H2,14,15,18). The Balaban J connectivity index is 2.76. The molecule has 7 nitrogen and oxygen atoms in total. The Morgan fingerprint density at radius 3 is 2.62 bits per heavy atom. The Bertz CT molecular complexity index is 561. The number of aromatic carboxylic acids is 1. The van der Waals surface area contributed by atoms with Crippen molar-refractivity contribution in [3.63, 3.8) is 0 Å². The third-order valence-electron chi connectivity index (χ3n) is 2.81. The predicted molar refractivity (Wildman–Crippen MR) is 80.5 cm³/mol. The highest BCUT2D eigenvalue weighted by atomic mass is 32.2. The zero-order valence-electron chi connectivity index (χ0n) is 12.0. The molecule has 0 aliphatic heterocycles. The van der Waals surface area contributed by atoms with Crippen molar-refractivity contribution >= 4 is 28.5 Å². The average molecular weight is 314 g/mol. The van der Waals surface area contributed by atoms with Gasteiger partial charge in [0.15, 0.2) is 0 Å². The minimum absolute atomic E-state index is 0.0362. The number of rotatable bonds is 6. The fourth-order valence-electron chi connectivity index (χ4n) is 1.46. The number of carboxylic acid groups (broad SMARTS) is 1. The summed E-state index contributed by atoms with van der Waals surface area (Å²) in [6.45, 7) is 2.00. The minimum Gasteiger partial charge on any atom is -0.495 e. The summed E-state index contributed by atoms with van der Waals surface area (Å²) in [6.07, 6.45) is 1.56. The van der Waals surface area contributed by atoms with Gasteiger partial charge in [0.25, 0.3) is 0 Å². The Kier molecular flexibility index (Phi) is 6.16. The highest BCUT2D eigenvalue weighted by molar-refractivity contribution is 7.84. The van der Waals surface area contributed by atoms with Crippen molar-refractivity contribution < 1.29 is 23.6 Å². The van der Waals surface area contributed by atoms with Crippen LogP contribution < -0.4 is 15.4 Å². The number of carbonyl (C=O) groups excluding carboxylic acids is 1. The van der Waals surface area contributed by atoms with Gasteiger partial charge in [0.2, 0.25) is 0 Å². The monoisotopic (exact) mass is 314 g/mol. The molecule has 0 aromatic heterocycles. The molecule has 8 heteroatoms. The molecule has 2 amide bonds. The van der Waals surface area contributed by atoms with E-state index in [0.29, 0.717) is 5.75 Å². The maximum atomic E-state index is 11.8. The highest BCUT2D eigenvalue weighted by Gasteiger charge is 2.13. The van der Waals surface area contributed by atoms with Crippen LogP contribution in [0.4, 0.5) is 10.5 Å². The van der Waals surface area contributed by atoms with Crippen LogP contribution >= 0.6 is 0 Å². The fraction of sp³-hybridized carbons (Fsp3) is 0.385. The summed E-state index contributed by atoms with van der Waals surface area (Å²) < 4.78 is 16.2. The van der Waals surface area contributed by atoms with E-state index in [0.717, 1.165) is 0 Å². The number of urea groups is 1. The van der Waals surface area contributed by atoms with Gasteiger partial charge in [-0.15, -0.1) is 0 Å². The number of carboxylic acids is 1. The first kappa shape index (κ1) is 17.0. The summed E-state index contributed by atoms with van der Waals surface area (Å²) >= 11 is 0. The molecular weight excluding hydrogens is 296 g/mol. The number of anilines is 1. The number of ether oxygens (including phenoxy) is 1. The molecule has 0 bridgehead atoms. The summed E-state index contributed by atoms with van der Waals surface area (Å²) in [5.41, 5.74) is 0.286. The van der Waals surface area contributed by atoms with Gasteiger partial charge in [-0.1, -0.05) is 0 Å². The maximum Gasteiger partial charge on any atom is 0.335 e. The van der Waals surface area contributed by atoms with Crippen molar-refractivity contribution in [1.29, 1.82) is 0 Å². The van der Waals surface area contributed by atoms with Crippen molar-refractivity contribution in [3.05, 3.63) is 23.8 Å². The third-order valence-corrected chi connectivity index (χ3v) is 4.11. The van der Waals surface area contributed by atoms with Crippen molar-refractivity contribution in [2.24, 2.45) is 0 Å². The largest absolute Gasteiger partial charge is 0.495 e. The maximum absolute atomic E-state index is 11.8. The van der Waals surface area contributed by atoms with Crippen molar-refractivity contribution in [3.8, 4) is 5.75 Å². The van der Waals surface area contributed by atoms with E-state index >= 15 is 0 Å². The molecule has 1 aromatic carbocycles. The molecule has 0 aliphatic rings. The van der Waals surface area contributed by atoms with Crippen LogP contribution in [-0.4, -0.2) is 46.5 Å². The summed E-state index contributed by atoms with van der Waals surface area (Å²) in [4.78, 5) is 22.7. The van der Waals surface area contributed by atoms with Gasteiger partial charge in [0, 0.05) is 28.9 Å². The van der Waals surface area contributed by atoms with E-state index in [4.69, 9.17) is 9.84 Å².